The van der Waals surface area contributed by atoms with Crippen molar-refractivity contribution >= 4 is 17.9 Å². The Morgan fingerprint density at radius 3 is 3.06 bits per heavy atom. The van der Waals surface area contributed by atoms with E-state index in [9.17, 15) is 14.0 Å². The lowest BCUT2D eigenvalue weighted by Gasteiger charge is -2.18. The number of ether oxygens (including phenoxy) is 1. The molecule has 0 N–H and O–H groups in total. The summed E-state index contributed by atoms with van der Waals surface area (Å²) in [4.78, 5) is 23.7. The van der Waals surface area contributed by atoms with Gasteiger partial charge in [-0.25, -0.2) is 4.39 Å². The van der Waals surface area contributed by atoms with Crippen molar-refractivity contribution in [3.8, 4) is 5.75 Å². The molecule has 1 atom stereocenters. The summed E-state index contributed by atoms with van der Waals surface area (Å²) in [6.45, 7) is 1.67. The van der Waals surface area contributed by atoms with Crippen LogP contribution in [0.25, 0.3) is 0 Å². The Morgan fingerprint density at radius 2 is 2.35 bits per heavy atom. The van der Waals surface area contributed by atoms with Crippen LogP contribution in [-0.4, -0.2) is 24.8 Å². The maximum atomic E-state index is 13.2. The molecule has 0 bridgehead atoms. The summed E-state index contributed by atoms with van der Waals surface area (Å²) >= 11 is 0. The van der Waals surface area contributed by atoms with Crippen LogP contribution in [0.2, 0.25) is 0 Å². The van der Waals surface area contributed by atoms with Crippen LogP contribution < -0.4 is 9.64 Å². The van der Waals surface area contributed by atoms with Gasteiger partial charge in [-0.15, -0.1) is 0 Å². The third-order valence-corrected chi connectivity index (χ3v) is 2.56. The number of amides is 1. The van der Waals surface area contributed by atoms with Crippen molar-refractivity contribution in [2.45, 2.75) is 19.4 Å². The predicted octanol–water partition coefficient (Wildman–Crippen LogP) is 1.53. The molecule has 0 saturated carbocycles. The molecule has 1 aromatic carbocycles. The number of aldehydes is 1. The lowest BCUT2D eigenvalue weighted by atomic mass is 10.2. The van der Waals surface area contributed by atoms with Gasteiger partial charge < -0.3 is 14.4 Å². The second-order valence-electron chi connectivity index (χ2n) is 3.92. The monoisotopic (exact) mass is 237 g/mol. The minimum atomic E-state index is -0.467. The van der Waals surface area contributed by atoms with Crippen molar-refractivity contribution in [1.82, 2.24) is 0 Å². The number of benzene rings is 1. The minimum absolute atomic E-state index is 0.0919. The van der Waals surface area contributed by atoms with E-state index in [1.54, 1.807) is 6.92 Å². The third-order valence-electron chi connectivity index (χ3n) is 2.56. The van der Waals surface area contributed by atoms with Gasteiger partial charge in [-0.2, -0.15) is 0 Å². The van der Waals surface area contributed by atoms with E-state index in [1.165, 1.54) is 23.1 Å². The Hall–Kier alpha value is -1.91. The molecule has 5 heteroatoms. The fourth-order valence-corrected chi connectivity index (χ4v) is 1.82. The highest BCUT2D eigenvalue weighted by Crippen LogP contribution is 2.33. The molecule has 0 fully saturated rings. The molecule has 0 saturated heterocycles. The summed E-state index contributed by atoms with van der Waals surface area (Å²) in [6.07, 6.45) is 0.496. The standard InChI is InChI=1S/C12H12FNO3/c1-8-6-12(16)14(4-5-15)10-7-9(13)2-3-11(10)17-8/h2-3,5,7-8H,4,6H2,1H3/t8-/m1/s1. The third kappa shape index (κ3) is 2.27. The van der Waals surface area contributed by atoms with Gasteiger partial charge in [0, 0.05) is 6.07 Å². The van der Waals surface area contributed by atoms with Crippen LogP contribution in [0.3, 0.4) is 0 Å². The molecule has 0 aliphatic carbocycles. The van der Waals surface area contributed by atoms with Crippen molar-refractivity contribution < 1.29 is 18.7 Å². The molecule has 90 valence electrons. The Labute approximate surface area is 98.0 Å². The van der Waals surface area contributed by atoms with Crippen molar-refractivity contribution in [3.63, 3.8) is 0 Å². The number of fused-ring (bicyclic) bond motifs is 1. The molecule has 4 nitrogen and oxygen atoms in total. The number of rotatable bonds is 2. The van der Waals surface area contributed by atoms with E-state index < -0.39 is 5.82 Å². The zero-order valence-corrected chi connectivity index (χ0v) is 9.35. The number of halogens is 1. The van der Waals surface area contributed by atoms with E-state index in [-0.39, 0.29) is 25.0 Å². The van der Waals surface area contributed by atoms with E-state index in [1.807, 2.05) is 0 Å². The van der Waals surface area contributed by atoms with Gasteiger partial charge in [0.05, 0.1) is 18.7 Å². The average molecular weight is 237 g/mol. The highest BCUT2D eigenvalue weighted by molar-refractivity contribution is 5.98. The maximum Gasteiger partial charge on any atom is 0.231 e. The molecule has 1 amide bonds. The second-order valence-corrected chi connectivity index (χ2v) is 3.92. The summed E-state index contributed by atoms with van der Waals surface area (Å²) in [5.41, 5.74) is 0.312. The van der Waals surface area contributed by atoms with Gasteiger partial charge in [0.2, 0.25) is 5.91 Å². The minimum Gasteiger partial charge on any atom is -0.488 e. The molecule has 0 unspecified atom stereocenters. The van der Waals surface area contributed by atoms with Gasteiger partial charge in [0.1, 0.15) is 24.0 Å². The summed E-state index contributed by atoms with van der Waals surface area (Å²) < 4.78 is 18.7. The largest absolute Gasteiger partial charge is 0.488 e. The fourth-order valence-electron chi connectivity index (χ4n) is 1.82. The molecule has 0 radical (unpaired) electrons. The molecule has 17 heavy (non-hydrogen) atoms. The molecule has 1 aromatic rings. The summed E-state index contributed by atoms with van der Waals surface area (Å²) in [5, 5.41) is 0. The van der Waals surface area contributed by atoms with Gasteiger partial charge in [-0.3, -0.25) is 4.79 Å². The lowest BCUT2D eigenvalue weighted by molar-refractivity contribution is -0.120. The average Bonchev–Trinajstić information content (AvgIpc) is 2.38. The normalized spacial score (nSPS) is 19.3. The number of hydrogen-bond donors (Lipinski definition) is 0. The number of hydrogen-bond acceptors (Lipinski definition) is 3. The Bertz CT molecular complexity index is 461. The first-order chi connectivity index (χ1) is 8.11. The summed E-state index contributed by atoms with van der Waals surface area (Å²) in [7, 11) is 0. The Kier molecular flexibility index (Phi) is 3.08. The summed E-state index contributed by atoms with van der Waals surface area (Å²) in [5.74, 6) is -0.286. The van der Waals surface area contributed by atoms with Gasteiger partial charge >= 0.3 is 0 Å². The quantitative estimate of drug-likeness (QED) is 0.733. The van der Waals surface area contributed by atoms with Gasteiger partial charge in [0.25, 0.3) is 0 Å². The van der Waals surface area contributed by atoms with Crippen molar-refractivity contribution in [3.05, 3.63) is 24.0 Å². The van der Waals surface area contributed by atoms with E-state index in [4.69, 9.17) is 4.74 Å². The zero-order chi connectivity index (χ0) is 12.4. The van der Waals surface area contributed by atoms with Crippen LogP contribution in [0.1, 0.15) is 13.3 Å². The highest BCUT2D eigenvalue weighted by Gasteiger charge is 2.26. The molecule has 1 aliphatic rings. The summed E-state index contributed by atoms with van der Waals surface area (Å²) in [6, 6.07) is 3.94. The highest BCUT2D eigenvalue weighted by atomic mass is 19.1. The lowest BCUT2D eigenvalue weighted by Crippen LogP contribution is -2.33. The molecule has 0 aromatic heterocycles. The van der Waals surface area contributed by atoms with Crippen LogP contribution in [0.5, 0.6) is 5.75 Å². The van der Waals surface area contributed by atoms with E-state index in [0.29, 0.717) is 17.7 Å². The van der Waals surface area contributed by atoms with E-state index >= 15 is 0 Å². The van der Waals surface area contributed by atoms with Crippen LogP contribution in [-0.2, 0) is 9.59 Å². The SMILES string of the molecule is C[C@@H]1CC(=O)N(CC=O)c2cc(F)ccc2O1. The number of nitrogens with zero attached hydrogens (tertiary/aromatic N) is 1. The fraction of sp³-hybridized carbons (Fsp3) is 0.333. The number of anilines is 1. The first-order valence-corrected chi connectivity index (χ1v) is 5.32. The molecular formula is C12H12FNO3. The van der Waals surface area contributed by atoms with E-state index in [2.05, 4.69) is 0 Å². The molecule has 0 spiro atoms. The number of carbonyl (C=O) groups excluding carboxylic acids is 2. The smallest absolute Gasteiger partial charge is 0.231 e. The number of carbonyl (C=O) groups is 2. The molecule has 1 heterocycles. The topological polar surface area (TPSA) is 46.6 Å². The van der Waals surface area contributed by atoms with Crippen molar-refractivity contribution in [2.75, 3.05) is 11.4 Å². The molecule has 1 aliphatic heterocycles. The van der Waals surface area contributed by atoms with Crippen molar-refractivity contribution in [1.29, 1.82) is 0 Å². The Morgan fingerprint density at radius 1 is 1.59 bits per heavy atom. The first kappa shape index (κ1) is 11.6. The second kappa shape index (κ2) is 4.53. The van der Waals surface area contributed by atoms with Gasteiger partial charge in [0.15, 0.2) is 0 Å². The first-order valence-electron chi connectivity index (χ1n) is 5.32. The maximum absolute atomic E-state index is 13.2. The zero-order valence-electron chi connectivity index (χ0n) is 9.35. The molecule has 2 rings (SSSR count). The van der Waals surface area contributed by atoms with Crippen LogP contribution >= 0.6 is 0 Å². The van der Waals surface area contributed by atoms with Gasteiger partial charge in [-0.1, -0.05) is 0 Å². The molecular weight excluding hydrogens is 225 g/mol. The van der Waals surface area contributed by atoms with Crippen LogP contribution in [0.15, 0.2) is 18.2 Å². The van der Waals surface area contributed by atoms with Crippen LogP contribution in [0, 0.1) is 5.82 Å². The van der Waals surface area contributed by atoms with Gasteiger partial charge in [-0.05, 0) is 19.1 Å². The van der Waals surface area contributed by atoms with Crippen LogP contribution in [0.4, 0.5) is 10.1 Å². The Balaban J connectivity index is 2.49. The predicted molar refractivity (Wildman–Crippen MR) is 59.5 cm³/mol. The van der Waals surface area contributed by atoms with Crippen molar-refractivity contribution in [2.24, 2.45) is 0 Å². The van der Waals surface area contributed by atoms with E-state index in [0.717, 1.165) is 0 Å².